The summed E-state index contributed by atoms with van der Waals surface area (Å²) in [5.41, 5.74) is 1.09. The molecular weight excluding hydrogens is 274 g/mol. The van der Waals surface area contributed by atoms with Gasteiger partial charge in [-0.05, 0) is 37.0 Å². The molecule has 0 aliphatic carbocycles. The normalized spacial score (nSPS) is 21.0. The van der Waals surface area contributed by atoms with E-state index in [9.17, 15) is 9.59 Å². The minimum Gasteiger partial charge on any atom is -0.497 e. The van der Waals surface area contributed by atoms with Gasteiger partial charge < -0.3 is 19.9 Å². The van der Waals surface area contributed by atoms with Gasteiger partial charge in [0.1, 0.15) is 11.9 Å². The second-order valence-electron chi connectivity index (χ2n) is 4.92. The second kappa shape index (κ2) is 7.08. The Morgan fingerprint density at radius 3 is 2.52 bits per heavy atom. The number of methoxy groups -OCH3 is 1. The SMILES string of the molecule is COc1ccc(CCNC(=O)[C@@H]2CC[C@H](C(=O)O)O2)cc1. The van der Waals surface area contributed by atoms with E-state index in [1.54, 1.807) is 7.11 Å². The van der Waals surface area contributed by atoms with Crippen molar-refractivity contribution in [3.8, 4) is 5.75 Å². The van der Waals surface area contributed by atoms with Gasteiger partial charge in [0, 0.05) is 6.54 Å². The molecule has 1 aromatic rings. The zero-order chi connectivity index (χ0) is 15.2. The lowest BCUT2D eigenvalue weighted by Gasteiger charge is -2.11. The highest BCUT2D eigenvalue weighted by Crippen LogP contribution is 2.19. The van der Waals surface area contributed by atoms with E-state index in [2.05, 4.69) is 5.32 Å². The molecule has 2 rings (SSSR count). The summed E-state index contributed by atoms with van der Waals surface area (Å²) in [6.07, 6.45) is 0.0199. The number of nitrogens with one attached hydrogen (secondary N) is 1. The molecule has 1 aliphatic rings. The van der Waals surface area contributed by atoms with Crippen molar-refractivity contribution in [3.05, 3.63) is 29.8 Å². The van der Waals surface area contributed by atoms with E-state index in [1.807, 2.05) is 24.3 Å². The van der Waals surface area contributed by atoms with Gasteiger partial charge in [0.05, 0.1) is 7.11 Å². The molecule has 1 saturated heterocycles. The van der Waals surface area contributed by atoms with Crippen LogP contribution in [-0.2, 0) is 20.7 Å². The van der Waals surface area contributed by atoms with E-state index >= 15 is 0 Å². The summed E-state index contributed by atoms with van der Waals surface area (Å²) in [7, 11) is 1.61. The molecular formula is C15H19NO5. The molecule has 1 fully saturated rings. The van der Waals surface area contributed by atoms with E-state index in [4.69, 9.17) is 14.6 Å². The number of hydrogen-bond donors (Lipinski definition) is 2. The molecule has 1 heterocycles. The van der Waals surface area contributed by atoms with Crippen molar-refractivity contribution in [3.63, 3.8) is 0 Å². The van der Waals surface area contributed by atoms with E-state index in [0.29, 0.717) is 25.8 Å². The number of amides is 1. The van der Waals surface area contributed by atoms with Crippen LogP contribution in [0.4, 0.5) is 0 Å². The number of hydrogen-bond acceptors (Lipinski definition) is 4. The van der Waals surface area contributed by atoms with Crippen molar-refractivity contribution in [2.24, 2.45) is 0 Å². The Morgan fingerprint density at radius 1 is 1.29 bits per heavy atom. The summed E-state index contributed by atoms with van der Waals surface area (Å²) in [6, 6.07) is 7.62. The van der Waals surface area contributed by atoms with Gasteiger partial charge >= 0.3 is 5.97 Å². The second-order valence-corrected chi connectivity index (χ2v) is 4.92. The van der Waals surface area contributed by atoms with Crippen LogP contribution in [0.25, 0.3) is 0 Å². The molecule has 0 bridgehead atoms. The van der Waals surface area contributed by atoms with E-state index in [0.717, 1.165) is 11.3 Å². The van der Waals surface area contributed by atoms with Crippen LogP contribution in [0.1, 0.15) is 18.4 Å². The maximum atomic E-state index is 11.9. The summed E-state index contributed by atoms with van der Waals surface area (Å²) in [6.45, 7) is 0.489. The third-order valence-corrected chi connectivity index (χ3v) is 3.46. The van der Waals surface area contributed by atoms with Crippen LogP contribution >= 0.6 is 0 Å². The summed E-state index contributed by atoms with van der Waals surface area (Å²) in [5, 5.41) is 11.6. The fourth-order valence-electron chi connectivity index (χ4n) is 2.25. The van der Waals surface area contributed by atoms with Gasteiger partial charge in [0.2, 0.25) is 5.91 Å². The number of carboxylic acid groups (broad SMARTS) is 1. The zero-order valence-corrected chi connectivity index (χ0v) is 11.9. The van der Waals surface area contributed by atoms with Gasteiger partial charge in [-0.2, -0.15) is 0 Å². The largest absolute Gasteiger partial charge is 0.497 e. The van der Waals surface area contributed by atoms with Crippen molar-refractivity contribution in [1.29, 1.82) is 0 Å². The van der Waals surface area contributed by atoms with Crippen molar-refractivity contribution in [2.75, 3.05) is 13.7 Å². The zero-order valence-electron chi connectivity index (χ0n) is 11.9. The monoisotopic (exact) mass is 293 g/mol. The minimum atomic E-state index is -1.01. The standard InChI is InChI=1S/C15H19NO5/c1-20-11-4-2-10(3-5-11)8-9-16-14(17)12-6-7-13(21-12)15(18)19/h2-5,12-13H,6-9H2,1H3,(H,16,17)(H,18,19)/t12-,13+/m0/s1. The Bertz CT molecular complexity index is 499. The molecule has 6 heteroatoms. The van der Waals surface area contributed by atoms with E-state index < -0.39 is 18.2 Å². The quantitative estimate of drug-likeness (QED) is 0.817. The van der Waals surface area contributed by atoms with Crippen LogP contribution in [-0.4, -0.2) is 42.8 Å². The third-order valence-electron chi connectivity index (χ3n) is 3.46. The van der Waals surface area contributed by atoms with E-state index in [-0.39, 0.29) is 5.91 Å². The smallest absolute Gasteiger partial charge is 0.332 e. The molecule has 2 N–H and O–H groups in total. The summed E-state index contributed by atoms with van der Waals surface area (Å²) < 4.78 is 10.3. The predicted octanol–water partition coefficient (Wildman–Crippen LogP) is 0.986. The first-order valence-corrected chi connectivity index (χ1v) is 6.89. The van der Waals surface area contributed by atoms with Gasteiger partial charge in [-0.15, -0.1) is 0 Å². The first kappa shape index (κ1) is 15.3. The fraction of sp³-hybridized carbons (Fsp3) is 0.467. The molecule has 114 valence electrons. The number of rotatable bonds is 6. The lowest BCUT2D eigenvalue weighted by atomic mass is 10.1. The first-order chi connectivity index (χ1) is 10.1. The highest BCUT2D eigenvalue weighted by Gasteiger charge is 2.34. The number of carbonyl (C=O) groups excluding carboxylic acids is 1. The summed E-state index contributed by atoms with van der Waals surface area (Å²) in [4.78, 5) is 22.6. The van der Waals surface area contributed by atoms with E-state index in [1.165, 1.54) is 0 Å². The van der Waals surface area contributed by atoms with Crippen LogP contribution in [0, 0.1) is 0 Å². The average Bonchev–Trinajstić information content (AvgIpc) is 2.98. The Morgan fingerprint density at radius 2 is 1.95 bits per heavy atom. The summed E-state index contributed by atoms with van der Waals surface area (Å²) in [5.74, 6) is -0.461. The number of carboxylic acids is 1. The van der Waals surface area contributed by atoms with Gasteiger partial charge in [0.25, 0.3) is 0 Å². The van der Waals surface area contributed by atoms with Crippen LogP contribution < -0.4 is 10.1 Å². The van der Waals surface area contributed by atoms with Crippen LogP contribution in [0.2, 0.25) is 0 Å². The van der Waals surface area contributed by atoms with Crippen LogP contribution in [0.15, 0.2) is 24.3 Å². The van der Waals surface area contributed by atoms with Crippen molar-refractivity contribution in [2.45, 2.75) is 31.5 Å². The molecule has 6 nitrogen and oxygen atoms in total. The van der Waals surface area contributed by atoms with Gasteiger partial charge in [0.15, 0.2) is 6.10 Å². The molecule has 0 unspecified atom stereocenters. The number of benzene rings is 1. The maximum absolute atomic E-state index is 11.9. The highest BCUT2D eigenvalue weighted by atomic mass is 16.5. The molecule has 1 aliphatic heterocycles. The third kappa shape index (κ3) is 4.19. The van der Waals surface area contributed by atoms with Gasteiger partial charge in [-0.25, -0.2) is 4.79 Å². The maximum Gasteiger partial charge on any atom is 0.332 e. The molecule has 2 atom stereocenters. The van der Waals surface area contributed by atoms with Crippen LogP contribution in [0.5, 0.6) is 5.75 Å². The molecule has 1 aromatic carbocycles. The Labute approximate surface area is 123 Å². The number of aliphatic carboxylic acids is 1. The molecule has 0 spiro atoms. The number of ether oxygens (including phenoxy) is 2. The molecule has 1 amide bonds. The Hall–Kier alpha value is -2.08. The molecule has 0 radical (unpaired) electrons. The van der Waals surface area contributed by atoms with Crippen LogP contribution in [0.3, 0.4) is 0 Å². The molecule has 0 aromatic heterocycles. The average molecular weight is 293 g/mol. The van der Waals surface area contributed by atoms with Crippen molar-refractivity contribution in [1.82, 2.24) is 5.32 Å². The topological polar surface area (TPSA) is 84.9 Å². The summed E-state index contributed by atoms with van der Waals surface area (Å²) >= 11 is 0. The molecule has 0 saturated carbocycles. The van der Waals surface area contributed by atoms with Gasteiger partial charge in [-0.1, -0.05) is 12.1 Å². The Balaban J connectivity index is 1.73. The lowest BCUT2D eigenvalue weighted by molar-refractivity contribution is -0.151. The fourth-order valence-corrected chi connectivity index (χ4v) is 2.25. The number of carbonyl (C=O) groups is 2. The lowest BCUT2D eigenvalue weighted by Crippen LogP contribution is -2.36. The Kier molecular flexibility index (Phi) is 5.16. The van der Waals surface area contributed by atoms with Gasteiger partial charge in [-0.3, -0.25) is 4.79 Å². The van der Waals surface area contributed by atoms with Crippen molar-refractivity contribution < 1.29 is 24.2 Å². The van der Waals surface area contributed by atoms with Crippen molar-refractivity contribution >= 4 is 11.9 Å². The molecule has 21 heavy (non-hydrogen) atoms. The highest BCUT2D eigenvalue weighted by molar-refractivity contribution is 5.82. The predicted molar refractivity (Wildman–Crippen MR) is 75.2 cm³/mol. The first-order valence-electron chi connectivity index (χ1n) is 6.89. The minimum absolute atomic E-state index is 0.243.